The molecule has 1 saturated heterocycles. The average Bonchev–Trinajstić information content (AvgIpc) is 3.41. The predicted octanol–water partition coefficient (Wildman–Crippen LogP) is 3.85. The summed E-state index contributed by atoms with van der Waals surface area (Å²) in [5.74, 6) is 0.976. The number of nitrogens with zero attached hydrogens (tertiary/aromatic N) is 3. The lowest BCUT2D eigenvalue weighted by Crippen LogP contribution is -2.38. The molecule has 0 aliphatic carbocycles. The number of hydrogen-bond acceptors (Lipinski definition) is 4. The highest BCUT2D eigenvalue weighted by molar-refractivity contribution is 14.0. The molecule has 1 aromatic heterocycles. The fourth-order valence-electron chi connectivity index (χ4n) is 3.29. The van der Waals surface area contributed by atoms with Gasteiger partial charge < -0.3 is 15.5 Å². The van der Waals surface area contributed by atoms with Crippen LogP contribution in [-0.2, 0) is 11.2 Å². The molecule has 0 atom stereocenters. The van der Waals surface area contributed by atoms with Crippen molar-refractivity contribution in [3.05, 3.63) is 40.9 Å². The van der Waals surface area contributed by atoms with Gasteiger partial charge in [0.1, 0.15) is 5.01 Å². The van der Waals surface area contributed by atoms with Crippen molar-refractivity contribution < 1.29 is 4.79 Å². The Hall–Kier alpha value is -1.68. The number of benzene rings is 1. The van der Waals surface area contributed by atoms with Crippen molar-refractivity contribution in [1.82, 2.24) is 20.5 Å². The van der Waals surface area contributed by atoms with Crippen LogP contribution in [0.4, 0.5) is 0 Å². The first-order valence-electron chi connectivity index (χ1n) is 10.5. The molecule has 6 nitrogen and oxygen atoms in total. The fourth-order valence-corrected chi connectivity index (χ4v) is 4.15. The van der Waals surface area contributed by atoms with E-state index in [4.69, 9.17) is 4.98 Å². The zero-order valence-corrected chi connectivity index (χ0v) is 21.0. The van der Waals surface area contributed by atoms with Crippen LogP contribution < -0.4 is 10.6 Å². The number of aliphatic imine (C=N–C) groups is 1. The van der Waals surface area contributed by atoms with E-state index in [9.17, 15) is 4.79 Å². The number of likely N-dealkylation sites (tertiary alicyclic amines) is 1. The Labute approximate surface area is 200 Å². The maximum absolute atomic E-state index is 12.1. The van der Waals surface area contributed by atoms with Crippen LogP contribution in [0.1, 0.15) is 37.4 Å². The summed E-state index contributed by atoms with van der Waals surface area (Å²) in [6.45, 7) is 8.00. The van der Waals surface area contributed by atoms with Crippen LogP contribution in [-0.4, -0.2) is 54.5 Å². The van der Waals surface area contributed by atoms with E-state index < -0.39 is 0 Å². The minimum Gasteiger partial charge on any atom is -0.357 e. The molecular weight excluding hydrogens is 509 g/mol. The lowest BCUT2D eigenvalue weighted by atomic mass is 10.2. The molecule has 164 valence electrons. The number of carbonyl (C=O) groups excluding carboxylic acids is 1. The quantitative estimate of drug-likeness (QED) is 0.303. The lowest BCUT2D eigenvalue weighted by Gasteiger charge is -2.15. The van der Waals surface area contributed by atoms with Gasteiger partial charge in [0.2, 0.25) is 5.91 Å². The smallest absolute Gasteiger partial charge is 0.224 e. The van der Waals surface area contributed by atoms with Crippen molar-refractivity contribution in [3.8, 4) is 10.6 Å². The Morgan fingerprint density at radius 3 is 2.63 bits per heavy atom. The van der Waals surface area contributed by atoms with E-state index in [1.54, 1.807) is 11.3 Å². The van der Waals surface area contributed by atoms with Crippen LogP contribution in [0, 0.1) is 6.92 Å². The molecule has 0 radical (unpaired) electrons. The molecule has 0 unspecified atom stereocenters. The Morgan fingerprint density at radius 1 is 1.20 bits per heavy atom. The summed E-state index contributed by atoms with van der Waals surface area (Å²) in [5.41, 5.74) is 3.50. The first-order valence-corrected chi connectivity index (χ1v) is 11.3. The molecule has 1 aliphatic rings. The van der Waals surface area contributed by atoms with Crippen LogP contribution in [0.25, 0.3) is 10.6 Å². The third kappa shape index (κ3) is 7.54. The lowest BCUT2D eigenvalue weighted by molar-refractivity contribution is -0.129. The number of hydrogen-bond donors (Lipinski definition) is 2. The predicted molar refractivity (Wildman–Crippen MR) is 136 cm³/mol. The van der Waals surface area contributed by atoms with Crippen molar-refractivity contribution in [2.45, 2.75) is 39.5 Å². The number of halogens is 1. The van der Waals surface area contributed by atoms with Gasteiger partial charge in [0.25, 0.3) is 0 Å². The van der Waals surface area contributed by atoms with Gasteiger partial charge in [-0.2, -0.15) is 0 Å². The molecule has 8 heteroatoms. The van der Waals surface area contributed by atoms with Gasteiger partial charge in [-0.05, 0) is 26.7 Å². The molecule has 2 aromatic rings. The SMILES string of the molecule is CCNC(=NCCC(=O)N1CCCC1)NCCc1csc(-c2ccc(C)cc2)n1.I. The van der Waals surface area contributed by atoms with Crippen LogP contribution in [0.5, 0.6) is 0 Å². The highest BCUT2D eigenvalue weighted by Gasteiger charge is 2.17. The van der Waals surface area contributed by atoms with Crippen LogP contribution >= 0.6 is 35.3 Å². The van der Waals surface area contributed by atoms with E-state index in [-0.39, 0.29) is 29.9 Å². The standard InChI is InChI=1S/C22H31N5OS.HI/c1-3-23-22(25-13-11-20(28)27-14-4-5-15-27)24-12-10-19-16-29-21(26-19)18-8-6-17(2)7-9-18;/h6-9,16H,3-5,10-15H2,1-2H3,(H2,23,24,25);1H. The minimum atomic E-state index is 0. The van der Waals surface area contributed by atoms with Gasteiger partial charge in [0.15, 0.2) is 5.96 Å². The number of guanidine groups is 1. The van der Waals surface area contributed by atoms with E-state index >= 15 is 0 Å². The molecule has 3 rings (SSSR count). The largest absolute Gasteiger partial charge is 0.357 e. The summed E-state index contributed by atoms with van der Waals surface area (Å²) in [7, 11) is 0. The maximum atomic E-state index is 12.1. The van der Waals surface area contributed by atoms with Crippen molar-refractivity contribution in [1.29, 1.82) is 0 Å². The first kappa shape index (κ1) is 24.6. The Kier molecular flexibility index (Phi) is 10.6. The zero-order valence-electron chi connectivity index (χ0n) is 17.8. The Balaban J connectivity index is 0.00000320. The molecular formula is C22H32IN5OS. The van der Waals surface area contributed by atoms with E-state index in [0.29, 0.717) is 13.0 Å². The number of aromatic nitrogens is 1. The van der Waals surface area contributed by atoms with Crippen LogP contribution in [0.3, 0.4) is 0 Å². The monoisotopic (exact) mass is 541 g/mol. The number of nitrogens with one attached hydrogen (secondary N) is 2. The van der Waals surface area contributed by atoms with Gasteiger partial charge in [-0.25, -0.2) is 4.98 Å². The highest BCUT2D eigenvalue weighted by Crippen LogP contribution is 2.24. The number of thiazole rings is 1. The average molecular weight is 542 g/mol. The van der Waals surface area contributed by atoms with E-state index in [0.717, 1.165) is 67.7 Å². The molecule has 30 heavy (non-hydrogen) atoms. The van der Waals surface area contributed by atoms with E-state index in [2.05, 4.69) is 52.2 Å². The van der Waals surface area contributed by atoms with Gasteiger partial charge in [-0.15, -0.1) is 35.3 Å². The molecule has 0 saturated carbocycles. The van der Waals surface area contributed by atoms with Crippen molar-refractivity contribution in [2.24, 2.45) is 4.99 Å². The molecule has 1 fully saturated rings. The summed E-state index contributed by atoms with van der Waals surface area (Å²) in [4.78, 5) is 23.4. The third-order valence-electron chi connectivity index (χ3n) is 4.92. The topological polar surface area (TPSA) is 69.6 Å². The molecule has 0 spiro atoms. The molecule has 2 N–H and O–H groups in total. The van der Waals surface area contributed by atoms with Gasteiger partial charge >= 0.3 is 0 Å². The summed E-state index contributed by atoms with van der Waals surface area (Å²) < 4.78 is 0. The Bertz CT molecular complexity index is 815. The van der Waals surface area contributed by atoms with E-state index in [1.807, 2.05) is 11.8 Å². The third-order valence-corrected chi connectivity index (χ3v) is 5.86. The summed E-state index contributed by atoms with van der Waals surface area (Å²) in [5, 5.41) is 9.77. The number of amides is 1. The molecule has 1 aliphatic heterocycles. The van der Waals surface area contributed by atoms with Gasteiger partial charge in [0.05, 0.1) is 12.2 Å². The number of rotatable bonds is 8. The fraction of sp³-hybridized carbons (Fsp3) is 0.500. The molecule has 2 heterocycles. The van der Waals surface area contributed by atoms with Crippen molar-refractivity contribution in [2.75, 3.05) is 32.7 Å². The van der Waals surface area contributed by atoms with Crippen LogP contribution in [0.15, 0.2) is 34.6 Å². The number of carbonyl (C=O) groups is 1. The van der Waals surface area contributed by atoms with Gasteiger partial charge in [-0.1, -0.05) is 29.8 Å². The van der Waals surface area contributed by atoms with E-state index in [1.165, 1.54) is 5.56 Å². The van der Waals surface area contributed by atoms with Gasteiger partial charge in [-0.3, -0.25) is 9.79 Å². The maximum Gasteiger partial charge on any atom is 0.224 e. The first-order chi connectivity index (χ1) is 14.2. The molecule has 0 bridgehead atoms. The zero-order chi connectivity index (χ0) is 20.5. The summed E-state index contributed by atoms with van der Waals surface area (Å²) >= 11 is 1.68. The second-order valence-electron chi connectivity index (χ2n) is 7.29. The van der Waals surface area contributed by atoms with Crippen LogP contribution in [0.2, 0.25) is 0 Å². The number of aryl methyl sites for hydroxylation is 1. The minimum absolute atomic E-state index is 0. The van der Waals surface area contributed by atoms with Crippen molar-refractivity contribution in [3.63, 3.8) is 0 Å². The Morgan fingerprint density at radius 2 is 1.93 bits per heavy atom. The second kappa shape index (κ2) is 12.9. The molecule has 1 amide bonds. The summed E-state index contributed by atoms with van der Waals surface area (Å²) in [6.07, 6.45) is 3.56. The molecule has 1 aromatic carbocycles. The van der Waals surface area contributed by atoms with Crippen molar-refractivity contribution >= 4 is 47.2 Å². The second-order valence-corrected chi connectivity index (χ2v) is 8.14. The normalized spacial score (nSPS) is 13.8. The highest BCUT2D eigenvalue weighted by atomic mass is 127. The van der Waals surface area contributed by atoms with Gasteiger partial charge in [0, 0.05) is 50.0 Å². The summed E-state index contributed by atoms with van der Waals surface area (Å²) in [6, 6.07) is 8.47.